The Balaban J connectivity index is 0.000000960. The highest BCUT2D eigenvalue weighted by Gasteiger charge is 2.19. The van der Waals surface area contributed by atoms with Crippen LogP contribution in [0.15, 0.2) is 36.7 Å². The first-order chi connectivity index (χ1) is 10.4. The molecule has 1 fully saturated rings. The molecule has 0 amide bonds. The van der Waals surface area contributed by atoms with Gasteiger partial charge in [0.1, 0.15) is 11.5 Å². The summed E-state index contributed by atoms with van der Waals surface area (Å²) in [5.74, 6) is 1.59. The van der Waals surface area contributed by atoms with E-state index in [1.165, 1.54) is 0 Å². The van der Waals surface area contributed by atoms with Gasteiger partial charge in [0.15, 0.2) is 0 Å². The fourth-order valence-electron chi connectivity index (χ4n) is 2.88. The predicted molar refractivity (Wildman–Crippen MR) is 91.9 cm³/mol. The molecule has 0 aromatic carbocycles. The van der Waals surface area contributed by atoms with Crippen molar-refractivity contribution in [2.24, 2.45) is 0 Å². The van der Waals surface area contributed by atoms with Crippen molar-refractivity contribution >= 4 is 12.4 Å². The van der Waals surface area contributed by atoms with E-state index in [0.717, 1.165) is 54.5 Å². The van der Waals surface area contributed by atoms with E-state index >= 15 is 0 Å². The quantitative estimate of drug-likeness (QED) is 0.749. The largest absolute Gasteiger partial charge is 0.412 e. The third-order valence-electron chi connectivity index (χ3n) is 4.04. The second-order valence-electron chi connectivity index (χ2n) is 5.45. The lowest BCUT2D eigenvalue weighted by Crippen LogP contribution is -2.27. The molecule has 0 saturated carbocycles. The SMILES string of the molecule is Cl.O.c1ccc(-c2cc3[nH]c(C4CCNCC4)ncc-3n2)nc1. The minimum atomic E-state index is 0. The average Bonchev–Trinajstić information content (AvgIpc) is 2.99. The zero-order chi connectivity index (χ0) is 14.1. The van der Waals surface area contributed by atoms with Gasteiger partial charge >= 0.3 is 0 Å². The van der Waals surface area contributed by atoms with Gasteiger partial charge in [0, 0.05) is 12.1 Å². The van der Waals surface area contributed by atoms with Crippen molar-refractivity contribution in [3.8, 4) is 22.8 Å². The van der Waals surface area contributed by atoms with Crippen LogP contribution in [-0.4, -0.2) is 38.5 Å². The second kappa shape index (κ2) is 7.50. The first-order valence-electron chi connectivity index (χ1n) is 7.38. The Morgan fingerprint density at radius 3 is 2.57 bits per heavy atom. The number of aromatic nitrogens is 4. The Kier molecular flexibility index (Phi) is 5.65. The van der Waals surface area contributed by atoms with Crippen molar-refractivity contribution in [1.82, 2.24) is 25.3 Å². The summed E-state index contributed by atoms with van der Waals surface area (Å²) in [4.78, 5) is 17.0. The van der Waals surface area contributed by atoms with Gasteiger partial charge in [-0.15, -0.1) is 12.4 Å². The van der Waals surface area contributed by atoms with Gasteiger partial charge < -0.3 is 15.8 Å². The van der Waals surface area contributed by atoms with E-state index in [1.54, 1.807) is 6.20 Å². The van der Waals surface area contributed by atoms with E-state index < -0.39 is 0 Å². The smallest absolute Gasteiger partial charge is 0.109 e. The molecule has 23 heavy (non-hydrogen) atoms. The van der Waals surface area contributed by atoms with E-state index in [4.69, 9.17) is 0 Å². The Bertz CT molecular complexity index is 712. The summed E-state index contributed by atoms with van der Waals surface area (Å²) < 4.78 is 0. The number of pyridine rings is 1. The van der Waals surface area contributed by atoms with Crippen molar-refractivity contribution in [1.29, 1.82) is 0 Å². The van der Waals surface area contributed by atoms with E-state index in [-0.39, 0.29) is 17.9 Å². The summed E-state index contributed by atoms with van der Waals surface area (Å²) >= 11 is 0. The number of nitrogens with zero attached hydrogens (tertiary/aromatic N) is 3. The summed E-state index contributed by atoms with van der Waals surface area (Å²) in [6.45, 7) is 2.13. The van der Waals surface area contributed by atoms with E-state index in [0.29, 0.717) is 5.92 Å². The van der Waals surface area contributed by atoms with Crippen LogP contribution >= 0.6 is 12.4 Å². The minimum Gasteiger partial charge on any atom is -0.412 e. The zero-order valence-electron chi connectivity index (χ0n) is 12.6. The third kappa shape index (κ3) is 3.50. The molecule has 4 N–H and O–H groups in total. The molecular weight excluding hydrogens is 314 g/mol. The molecule has 0 spiro atoms. The van der Waals surface area contributed by atoms with Crippen LogP contribution in [0.3, 0.4) is 0 Å². The molecule has 3 aliphatic rings. The van der Waals surface area contributed by atoms with Crippen LogP contribution in [-0.2, 0) is 0 Å². The summed E-state index contributed by atoms with van der Waals surface area (Å²) in [7, 11) is 0. The molecule has 7 heteroatoms. The topological polar surface area (TPSA) is 98.0 Å². The van der Waals surface area contributed by atoms with Gasteiger partial charge in [-0.3, -0.25) is 4.98 Å². The summed E-state index contributed by atoms with van der Waals surface area (Å²) in [6, 6.07) is 7.92. The van der Waals surface area contributed by atoms with Crippen molar-refractivity contribution in [3.63, 3.8) is 0 Å². The van der Waals surface area contributed by atoms with Crippen LogP contribution < -0.4 is 5.32 Å². The van der Waals surface area contributed by atoms with Crippen LogP contribution in [0.25, 0.3) is 22.8 Å². The summed E-state index contributed by atoms with van der Waals surface area (Å²) in [5, 5.41) is 3.38. The van der Waals surface area contributed by atoms with Crippen LogP contribution in [0.2, 0.25) is 0 Å². The molecule has 0 atom stereocenters. The van der Waals surface area contributed by atoms with E-state index in [9.17, 15) is 0 Å². The maximum absolute atomic E-state index is 4.60. The lowest BCUT2D eigenvalue weighted by atomic mass is 9.97. The number of halogens is 1. The molecule has 1 aromatic heterocycles. The standard InChI is InChI=1S/C16H17N5.ClH.H2O/c1-2-6-18-12(3-1)13-9-14-15(20-13)10-19-16(21-14)11-4-7-17-8-5-11;;/h1-3,6,9-11,17H,4-5,7-8H2,(H,19,21);1H;1H2. The van der Waals surface area contributed by atoms with Gasteiger partial charge in [0.05, 0.1) is 23.3 Å². The lowest BCUT2D eigenvalue weighted by Gasteiger charge is -2.22. The highest BCUT2D eigenvalue weighted by atomic mass is 35.5. The molecule has 0 radical (unpaired) electrons. The molecule has 4 rings (SSSR count). The van der Waals surface area contributed by atoms with Gasteiger partial charge in [-0.2, -0.15) is 0 Å². The Morgan fingerprint density at radius 1 is 1.00 bits per heavy atom. The third-order valence-corrected chi connectivity index (χ3v) is 4.04. The van der Waals surface area contributed by atoms with E-state index in [2.05, 4.69) is 31.3 Å². The maximum atomic E-state index is 4.60. The lowest BCUT2D eigenvalue weighted by molar-refractivity contribution is 0.445. The second-order valence-corrected chi connectivity index (χ2v) is 5.45. The number of H-pyrrole nitrogens is 1. The van der Waals surface area contributed by atoms with Crippen molar-refractivity contribution in [2.45, 2.75) is 18.8 Å². The zero-order valence-corrected chi connectivity index (χ0v) is 13.4. The van der Waals surface area contributed by atoms with Gasteiger partial charge in [0.2, 0.25) is 0 Å². The van der Waals surface area contributed by atoms with E-state index in [1.807, 2.05) is 24.4 Å². The van der Waals surface area contributed by atoms with Crippen molar-refractivity contribution in [2.75, 3.05) is 13.1 Å². The first kappa shape index (κ1) is 17.3. The Hall–Kier alpha value is -2.02. The minimum absolute atomic E-state index is 0. The number of nitrogens with one attached hydrogen (secondary N) is 2. The van der Waals surface area contributed by atoms with Gasteiger partial charge in [0.25, 0.3) is 0 Å². The molecule has 1 saturated heterocycles. The fourth-order valence-corrected chi connectivity index (χ4v) is 2.88. The fraction of sp³-hybridized carbons (Fsp3) is 0.312. The Morgan fingerprint density at radius 2 is 1.83 bits per heavy atom. The molecule has 6 nitrogen and oxygen atoms in total. The molecule has 0 unspecified atom stereocenters. The normalized spacial score (nSPS) is 15.0. The molecule has 0 bridgehead atoms. The monoisotopic (exact) mass is 333 g/mol. The highest BCUT2D eigenvalue weighted by Crippen LogP contribution is 2.28. The molecule has 122 valence electrons. The van der Waals surface area contributed by atoms with Crippen molar-refractivity contribution in [3.05, 3.63) is 42.5 Å². The molecular formula is C16H20ClN5O. The summed E-state index contributed by atoms with van der Waals surface area (Å²) in [6.07, 6.45) is 5.93. The number of piperidine rings is 1. The molecule has 0 aliphatic carbocycles. The number of fused-ring (bicyclic) bond motifs is 1. The van der Waals surface area contributed by atoms with Crippen LogP contribution in [0.4, 0.5) is 0 Å². The maximum Gasteiger partial charge on any atom is 0.109 e. The molecule has 3 aliphatic heterocycles. The molecule has 4 heterocycles. The summed E-state index contributed by atoms with van der Waals surface area (Å²) in [5.41, 5.74) is 3.73. The number of rotatable bonds is 2. The van der Waals surface area contributed by atoms with Crippen molar-refractivity contribution < 1.29 is 5.48 Å². The number of hydrogen-bond acceptors (Lipinski definition) is 4. The first-order valence-corrected chi connectivity index (χ1v) is 7.38. The number of aromatic amines is 1. The molecule has 1 aromatic rings. The average molecular weight is 334 g/mol. The highest BCUT2D eigenvalue weighted by molar-refractivity contribution is 5.85. The predicted octanol–water partition coefficient (Wildman–Crippen LogP) is 2.04. The van der Waals surface area contributed by atoms with Crippen LogP contribution in [0.5, 0.6) is 0 Å². The van der Waals surface area contributed by atoms with Crippen LogP contribution in [0.1, 0.15) is 24.6 Å². The van der Waals surface area contributed by atoms with Gasteiger partial charge in [-0.1, -0.05) is 6.07 Å². The van der Waals surface area contributed by atoms with Crippen LogP contribution in [0, 0.1) is 0 Å². The van der Waals surface area contributed by atoms with Gasteiger partial charge in [-0.25, -0.2) is 9.97 Å². The van der Waals surface area contributed by atoms with Gasteiger partial charge in [-0.05, 0) is 44.1 Å². The Labute approximate surface area is 140 Å². The number of hydrogen-bond donors (Lipinski definition) is 2.